The first-order chi connectivity index (χ1) is 8.17. The van der Waals surface area contributed by atoms with Gasteiger partial charge in [0.05, 0.1) is 12.4 Å². The smallest absolute Gasteiger partial charge is 0.157 e. The molecule has 1 heterocycles. The molecule has 2 aromatic rings. The molecule has 0 N–H and O–H groups in total. The largest absolute Gasteiger partial charge is 0.486 e. The number of rotatable bonds is 4. The second-order valence-electron chi connectivity index (χ2n) is 3.60. The molecule has 0 bridgehead atoms. The van der Waals surface area contributed by atoms with Gasteiger partial charge in [-0.3, -0.25) is 4.68 Å². The monoisotopic (exact) mass is 238 g/mol. The topological polar surface area (TPSA) is 27.1 Å². The van der Waals surface area contributed by atoms with Crippen molar-refractivity contribution in [1.82, 2.24) is 9.78 Å². The normalized spacial score (nSPS) is 10.5. The molecule has 0 radical (unpaired) electrons. The highest BCUT2D eigenvalue weighted by Crippen LogP contribution is 2.13. The third kappa shape index (κ3) is 3.03. The molecule has 1 aromatic heterocycles. The summed E-state index contributed by atoms with van der Waals surface area (Å²) >= 11 is 0. The van der Waals surface area contributed by atoms with E-state index in [1.807, 2.05) is 6.92 Å². The predicted molar refractivity (Wildman–Crippen MR) is 58.6 cm³/mol. The minimum absolute atomic E-state index is 0.115. The molecular formula is C12H12F2N2O. The molecule has 0 unspecified atom stereocenters. The summed E-state index contributed by atoms with van der Waals surface area (Å²) in [5, 5.41) is 4.03. The Morgan fingerprint density at radius 1 is 1.24 bits per heavy atom. The van der Waals surface area contributed by atoms with Gasteiger partial charge in [0.1, 0.15) is 18.2 Å². The van der Waals surface area contributed by atoms with E-state index in [-0.39, 0.29) is 6.61 Å². The number of benzene rings is 1. The average Bonchev–Trinajstić information content (AvgIpc) is 2.73. The summed E-state index contributed by atoms with van der Waals surface area (Å²) in [6, 6.07) is 3.32. The molecule has 5 heteroatoms. The molecule has 17 heavy (non-hydrogen) atoms. The molecule has 0 aliphatic carbocycles. The minimum Gasteiger partial charge on any atom is -0.486 e. The van der Waals surface area contributed by atoms with Gasteiger partial charge in [-0.15, -0.1) is 0 Å². The fraction of sp³-hybridized carbons (Fsp3) is 0.250. The van der Waals surface area contributed by atoms with Crippen LogP contribution in [0.25, 0.3) is 0 Å². The van der Waals surface area contributed by atoms with E-state index in [2.05, 4.69) is 5.10 Å². The van der Waals surface area contributed by atoms with E-state index in [0.29, 0.717) is 11.3 Å². The Morgan fingerprint density at radius 3 is 2.53 bits per heavy atom. The number of hydrogen-bond acceptors (Lipinski definition) is 2. The third-order valence-electron chi connectivity index (χ3n) is 2.26. The first-order valence-electron chi connectivity index (χ1n) is 5.27. The minimum atomic E-state index is -0.604. The van der Waals surface area contributed by atoms with E-state index in [0.717, 1.165) is 12.6 Å². The molecule has 0 saturated carbocycles. The van der Waals surface area contributed by atoms with Crippen molar-refractivity contribution in [3.8, 4) is 5.75 Å². The Labute approximate surface area is 97.6 Å². The van der Waals surface area contributed by atoms with Crippen LogP contribution in [0.2, 0.25) is 0 Å². The fourth-order valence-corrected chi connectivity index (χ4v) is 1.45. The van der Waals surface area contributed by atoms with Crippen molar-refractivity contribution in [1.29, 1.82) is 0 Å². The maximum absolute atomic E-state index is 12.9. The van der Waals surface area contributed by atoms with Crippen molar-refractivity contribution in [3.05, 3.63) is 47.8 Å². The molecular weight excluding hydrogens is 226 g/mol. The van der Waals surface area contributed by atoms with Gasteiger partial charge in [0.15, 0.2) is 5.75 Å². The Hall–Kier alpha value is -1.91. The standard InChI is InChI=1S/C12H12F2N2O/c1-2-16-7-12(6-15-16)17-8-9-3-10(13)5-11(14)4-9/h3-7H,2,8H2,1H3. The van der Waals surface area contributed by atoms with Crippen molar-refractivity contribution in [2.24, 2.45) is 0 Å². The molecule has 0 amide bonds. The van der Waals surface area contributed by atoms with Crippen LogP contribution in [0.5, 0.6) is 5.75 Å². The SMILES string of the molecule is CCn1cc(OCc2cc(F)cc(F)c2)cn1. The maximum Gasteiger partial charge on any atom is 0.157 e. The average molecular weight is 238 g/mol. The number of halogens is 2. The number of aryl methyl sites for hydroxylation is 1. The van der Waals surface area contributed by atoms with Gasteiger partial charge in [-0.05, 0) is 24.6 Å². The Balaban J connectivity index is 2.01. The molecule has 3 nitrogen and oxygen atoms in total. The van der Waals surface area contributed by atoms with E-state index in [1.165, 1.54) is 12.1 Å². The van der Waals surface area contributed by atoms with Crippen molar-refractivity contribution in [3.63, 3.8) is 0 Å². The van der Waals surface area contributed by atoms with Crippen molar-refractivity contribution >= 4 is 0 Å². The number of aromatic nitrogens is 2. The second kappa shape index (κ2) is 4.95. The number of ether oxygens (including phenoxy) is 1. The van der Waals surface area contributed by atoms with E-state index >= 15 is 0 Å². The van der Waals surface area contributed by atoms with Crippen LogP contribution in [0.3, 0.4) is 0 Å². The molecule has 0 fully saturated rings. The summed E-state index contributed by atoms with van der Waals surface area (Å²) < 4.78 is 32.9. The summed E-state index contributed by atoms with van der Waals surface area (Å²) in [7, 11) is 0. The van der Waals surface area contributed by atoms with Crippen LogP contribution >= 0.6 is 0 Å². The van der Waals surface area contributed by atoms with Crippen molar-refractivity contribution in [2.45, 2.75) is 20.1 Å². The van der Waals surface area contributed by atoms with Crippen LogP contribution in [0.15, 0.2) is 30.6 Å². The van der Waals surface area contributed by atoms with Gasteiger partial charge >= 0.3 is 0 Å². The highest BCUT2D eigenvalue weighted by molar-refractivity contribution is 5.19. The maximum atomic E-state index is 12.9. The highest BCUT2D eigenvalue weighted by Gasteiger charge is 2.03. The molecule has 0 atom stereocenters. The quantitative estimate of drug-likeness (QED) is 0.819. The van der Waals surface area contributed by atoms with E-state index in [9.17, 15) is 8.78 Å². The number of hydrogen-bond donors (Lipinski definition) is 0. The zero-order valence-corrected chi connectivity index (χ0v) is 9.36. The highest BCUT2D eigenvalue weighted by atomic mass is 19.1. The van der Waals surface area contributed by atoms with Gasteiger partial charge in [-0.1, -0.05) is 0 Å². The summed E-state index contributed by atoms with van der Waals surface area (Å²) in [4.78, 5) is 0. The Morgan fingerprint density at radius 2 is 1.94 bits per heavy atom. The van der Waals surface area contributed by atoms with Gasteiger partial charge in [-0.2, -0.15) is 5.10 Å². The van der Waals surface area contributed by atoms with Crippen LogP contribution in [-0.2, 0) is 13.2 Å². The molecule has 0 aliphatic rings. The predicted octanol–water partition coefficient (Wildman–Crippen LogP) is 2.76. The van der Waals surface area contributed by atoms with Gasteiger partial charge in [0.25, 0.3) is 0 Å². The molecule has 0 saturated heterocycles. The van der Waals surface area contributed by atoms with Crippen molar-refractivity contribution in [2.75, 3.05) is 0 Å². The first kappa shape index (κ1) is 11.6. The van der Waals surface area contributed by atoms with Gasteiger partial charge in [-0.25, -0.2) is 8.78 Å². The second-order valence-corrected chi connectivity index (χ2v) is 3.60. The number of nitrogens with zero attached hydrogens (tertiary/aromatic N) is 2. The van der Waals surface area contributed by atoms with E-state index < -0.39 is 11.6 Å². The summed E-state index contributed by atoms with van der Waals surface area (Å²) in [6.07, 6.45) is 3.30. The molecule has 0 aliphatic heterocycles. The molecule has 0 spiro atoms. The van der Waals surface area contributed by atoms with Gasteiger partial charge in [0.2, 0.25) is 0 Å². The van der Waals surface area contributed by atoms with Crippen LogP contribution in [-0.4, -0.2) is 9.78 Å². The van der Waals surface area contributed by atoms with E-state index in [1.54, 1.807) is 17.1 Å². The lowest BCUT2D eigenvalue weighted by molar-refractivity contribution is 0.304. The van der Waals surface area contributed by atoms with Crippen LogP contribution in [0.1, 0.15) is 12.5 Å². The zero-order valence-electron chi connectivity index (χ0n) is 9.36. The lowest BCUT2D eigenvalue weighted by atomic mass is 10.2. The van der Waals surface area contributed by atoms with Crippen LogP contribution in [0.4, 0.5) is 8.78 Å². The summed E-state index contributed by atoms with van der Waals surface area (Å²) in [5.74, 6) is -0.628. The molecule has 1 aromatic carbocycles. The van der Waals surface area contributed by atoms with Crippen molar-refractivity contribution < 1.29 is 13.5 Å². The summed E-state index contributed by atoms with van der Waals surface area (Å²) in [6.45, 7) is 2.82. The third-order valence-corrected chi connectivity index (χ3v) is 2.26. The van der Waals surface area contributed by atoms with E-state index in [4.69, 9.17) is 4.74 Å². The Kier molecular flexibility index (Phi) is 3.37. The molecule has 90 valence electrons. The zero-order chi connectivity index (χ0) is 12.3. The lowest BCUT2D eigenvalue weighted by Crippen LogP contribution is -1.97. The van der Waals surface area contributed by atoms with Crippen LogP contribution in [0, 0.1) is 11.6 Å². The Bertz CT molecular complexity index is 491. The van der Waals surface area contributed by atoms with Gasteiger partial charge < -0.3 is 4.74 Å². The summed E-state index contributed by atoms with van der Waals surface area (Å²) in [5.41, 5.74) is 0.451. The van der Waals surface area contributed by atoms with Crippen LogP contribution < -0.4 is 4.74 Å². The molecule has 2 rings (SSSR count). The van der Waals surface area contributed by atoms with Gasteiger partial charge in [0, 0.05) is 12.6 Å². The fourth-order valence-electron chi connectivity index (χ4n) is 1.45. The first-order valence-corrected chi connectivity index (χ1v) is 5.27. The lowest BCUT2D eigenvalue weighted by Gasteiger charge is -2.03.